The third-order valence-corrected chi connectivity index (χ3v) is 3.91. The van der Waals surface area contributed by atoms with Crippen molar-refractivity contribution in [3.63, 3.8) is 0 Å². The zero-order valence-electron chi connectivity index (χ0n) is 14.5. The lowest BCUT2D eigenvalue weighted by Gasteiger charge is -2.23. The second-order valence-corrected chi connectivity index (χ2v) is 6.54. The first-order valence-electron chi connectivity index (χ1n) is 8.36. The Morgan fingerprint density at radius 1 is 1.16 bits per heavy atom. The third kappa shape index (κ3) is 5.27. The Balaban J connectivity index is 1.98. The van der Waals surface area contributed by atoms with Crippen LogP contribution in [0.4, 0.5) is 4.39 Å². The van der Waals surface area contributed by atoms with Gasteiger partial charge in [-0.05, 0) is 37.8 Å². The molecule has 0 bridgehead atoms. The third-order valence-electron chi connectivity index (χ3n) is 3.91. The number of carbonyl (C=O) groups excluding carboxylic acids is 3. The Kier molecular flexibility index (Phi) is 6.12. The summed E-state index contributed by atoms with van der Waals surface area (Å²) in [7, 11) is 0. The minimum atomic E-state index is -0.983. The van der Waals surface area contributed by atoms with E-state index < -0.39 is 29.8 Å². The lowest BCUT2D eigenvalue weighted by atomic mass is 10.0. The summed E-state index contributed by atoms with van der Waals surface area (Å²) in [6, 6.07) is 4.69. The molecule has 1 saturated carbocycles. The molecule has 1 aliphatic rings. The molecular formula is C18H23FN2O4. The summed E-state index contributed by atoms with van der Waals surface area (Å²) in [5, 5.41) is 5.23. The van der Waals surface area contributed by atoms with Gasteiger partial charge in [0.15, 0.2) is 6.10 Å². The van der Waals surface area contributed by atoms with Gasteiger partial charge in [0.05, 0.1) is 5.56 Å². The normalized spacial score (nSPS) is 16.0. The highest BCUT2D eigenvalue weighted by Crippen LogP contribution is 2.19. The molecule has 0 heterocycles. The quantitative estimate of drug-likeness (QED) is 0.734. The smallest absolute Gasteiger partial charge is 0.329 e. The fourth-order valence-electron chi connectivity index (χ4n) is 2.21. The molecule has 1 aliphatic carbocycles. The van der Waals surface area contributed by atoms with Crippen LogP contribution in [0.5, 0.6) is 0 Å². The number of ether oxygens (including phenoxy) is 1. The molecule has 2 rings (SSSR count). The van der Waals surface area contributed by atoms with Gasteiger partial charge >= 0.3 is 5.97 Å². The van der Waals surface area contributed by atoms with Crippen molar-refractivity contribution in [3.8, 4) is 0 Å². The summed E-state index contributed by atoms with van der Waals surface area (Å²) >= 11 is 0. The number of halogens is 1. The Morgan fingerprint density at radius 3 is 2.36 bits per heavy atom. The Bertz CT molecular complexity index is 658. The van der Waals surface area contributed by atoms with Crippen molar-refractivity contribution < 1.29 is 23.5 Å². The van der Waals surface area contributed by atoms with E-state index in [0.717, 1.165) is 12.8 Å². The van der Waals surface area contributed by atoms with Crippen molar-refractivity contribution in [2.24, 2.45) is 5.92 Å². The minimum absolute atomic E-state index is 0.152. The summed E-state index contributed by atoms with van der Waals surface area (Å²) in [6.07, 6.45) is 0.902. The van der Waals surface area contributed by atoms with Gasteiger partial charge in [-0.1, -0.05) is 26.0 Å². The highest BCUT2D eigenvalue weighted by molar-refractivity contribution is 5.97. The molecule has 2 amide bonds. The van der Waals surface area contributed by atoms with Crippen LogP contribution in [0, 0.1) is 11.7 Å². The number of hydrogen-bond donors (Lipinski definition) is 2. The topological polar surface area (TPSA) is 84.5 Å². The molecule has 2 atom stereocenters. The molecule has 0 aliphatic heterocycles. The number of amides is 2. The summed E-state index contributed by atoms with van der Waals surface area (Å²) in [5.41, 5.74) is -0.152. The summed E-state index contributed by atoms with van der Waals surface area (Å²) in [5.74, 6) is -2.75. The molecule has 0 aromatic heterocycles. The molecule has 0 unspecified atom stereocenters. The zero-order valence-corrected chi connectivity index (χ0v) is 14.5. The van der Waals surface area contributed by atoms with Gasteiger partial charge in [-0.15, -0.1) is 0 Å². The van der Waals surface area contributed by atoms with Crippen LogP contribution in [0.15, 0.2) is 24.3 Å². The van der Waals surface area contributed by atoms with E-state index in [0.29, 0.717) is 0 Å². The molecule has 1 aromatic carbocycles. The van der Waals surface area contributed by atoms with Crippen molar-refractivity contribution in [2.45, 2.75) is 51.8 Å². The van der Waals surface area contributed by atoms with E-state index in [4.69, 9.17) is 4.74 Å². The molecule has 1 aromatic rings. The highest BCUT2D eigenvalue weighted by Gasteiger charge is 2.31. The number of benzene rings is 1. The van der Waals surface area contributed by atoms with Gasteiger partial charge in [-0.3, -0.25) is 9.59 Å². The number of hydrogen-bond acceptors (Lipinski definition) is 4. The predicted molar refractivity (Wildman–Crippen MR) is 89.2 cm³/mol. The largest absolute Gasteiger partial charge is 0.451 e. The van der Waals surface area contributed by atoms with Crippen molar-refractivity contribution in [3.05, 3.63) is 35.6 Å². The van der Waals surface area contributed by atoms with Crippen LogP contribution >= 0.6 is 0 Å². The number of nitrogens with one attached hydrogen (secondary N) is 2. The minimum Gasteiger partial charge on any atom is -0.451 e. The van der Waals surface area contributed by atoms with Gasteiger partial charge < -0.3 is 15.4 Å². The van der Waals surface area contributed by atoms with E-state index in [9.17, 15) is 18.8 Å². The molecule has 6 nitrogen and oxygen atoms in total. The number of carbonyl (C=O) groups is 3. The maximum Gasteiger partial charge on any atom is 0.329 e. The van der Waals surface area contributed by atoms with Gasteiger partial charge in [0.2, 0.25) is 0 Å². The van der Waals surface area contributed by atoms with Crippen LogP contribution in [-0.2, 0) is 14.3 Å². The fourth-order valence-corrected chi connectivity index (χ4v) is 2.21. The van der Waals surface area contributed by atoms with E-state index in [-0.39, 0.29) is 23.4 Å². The fraction of sp³-hybridized carbons (Fsp3) is 0.500. The molecule has 25 heavy (non-hydrogen) atoms. The van der Waals surface area contributed by atoms with Gasteiger partial charge in [-0.2, -0.15) is 0 Å². The lowest BCUT2D eigenvalue weighted by molar-refractivity contribution is -0.157. The standard InChI is InChI=1S/C18H23FN2O4/c1-10(2)15(21-17(23)13-6-4-5-7-14(13)19)18(24)25-11(3)16(22)20-12-8-9-12/h4-7,10-12,15H,8-9H2,1-3H3,(H,20,22)(H,21,23)/t11-,15-/m0/s1. The lowest BCUT2D eigenvalue weighted by Crippen LogP contribution is -2.48. The van der Waals surface area contributed by atoms with Crippen molar-refractivity contribution >= 4 is 17.8 Å². The molecule has 1 fully saturated rings. The second kappa shape index (κ2) is 8.09. The maximum absolute atomic E-state index is 13.7. The number of rotatable bonds is 7. The van der Waals surface area contributed by atoms with Crippen LogP contribution in [-0.4, -0.2) is 36.0 Å². The van der Waals surface area contributed by atoms with E-state index in [1.807, 2.05) is 0 Å². The Hall–Kier alpha value is -2.44. The van der Waals surface area contributed by atoms with Crippen molar-refractivity contribution in [1.29, 1.82) is 0 Å². The van der Waals surface area contributed by atoms with Crippen LogP contribution in [0.3, 0.4) is 0 Å². The molecule has 136 valence electrons. The molecular weight excluding hydrogens is 327 g/mol. The SMILES string of the molecule is CC(C)[C@H](NC(=O)c1ccccc1F)C(=O)O[C@@H](C)C(=O)NC1CC1. The molecule has 0 radical (unpaired) electrons. The van der Waals surface area contributed by atoms with Gasteiger partial charge in [-0.25, -0.2) is 9.18 Å². The van der Waals surface area contributed by atoms with Crippen molar-refractivity contribution in [2.75, 3.05) is 0 Å². The van der Waals surface area contributed by atoms with Crippen LogP contribution in [0.1, 0.15) is 44.0 Å². The van der Waals surface area contributed by atoms with E-state index in [1.54, 1.807) is 13.8 Å². The average Bonchev–Trinajstić information content (AvgIpc) is 3.36. The van der Waals surface area contributed by atoms with Gasteiger partial charge in [0.25, 0.3) is 11.8 Å². The van der Waals surface area contributed by atoms with Crippen LogP contribution < -0.4 is 10.6 Å². The molecule has 0 saturated heterocycles. The highest BCUT2D eigenvalue weighted by atomic mass is 19.1. The number of esters is 1. The summed E-state index contributed by atoms with van der Waals surface area (Å²) in [6.45, 7) is 4.93. The zero-order chi connectivity index (χ0) is 18.6. The second-order valence-electron chi connectivity index (χ2n) is 6.54. The first-order valence-corrected chi connectivity index (χ1v) is 8.36. The van der Waals surface area contributed by atoms with Crippen molar-refractivity contribution in [1.82, 2.24) is 10.6 Å². The maximum atomic E-state index is 13.7. The predicted octanol–water partition coefficient (Wildman–Crippen LogP) is 1.79. The van der Waals surface area contributed by atoms with Gasteiger partial charge in [0, 0.05) is 6.04 Å². The molecule has 7 heteroatoms. The molecule has 2 N–H and O–H groups in total. The first-order chi connectivity index (χ1) is 11.8. The van der Waals surface area contributed by atoms with Crippen LogP contribution in [0.25, 0.3) is 0 Å². The average molecular weight is 350 g/mol. The monoisotopic (exact) mass is 350 g/mol. The van der Waals surface area contributed by atoms with E-state index in [2.05, 4.69) is 10.6 Å². The van der Waals surface area contributed by atoms with E-state index in [1.165, 1.54) is 31.2 Å². The Morgan fingerprint density at radius 2 is 1.80 bits per heavy atom. The Labute approximate surface area is 146 Å². The van der Waals surface area contributed by atoms with E-state index >= 15 is 0 Å². The summed E-state index contributed by atoms with van der Waals surface area (Å²) < 4.78 is 18.9. The van der Waals surface area contributed by atoms with Gasteiger partial charge in [0.1, 0.15) is 11.9 Å². The molecule has 0 spiro atoms. The summed E-state index contributed by atoms with van der Waals surface area (Å²) in [4.78, 5) is 36.4. The first kappa shape index (κ1) is 18.9. The van der Waals surface area contributed by atoms with Crippen LogP contribution in [0.2, 0.25) is 0 Å².